The molecule has 2 aromatic carbocycles. The lowest BCUT2D eigenvalue weighted by molar-refractivity contribution is -0.123. The highest BCUT2D eigenvalue weighted by atomic mass is 16.6. The third-order valence-electron chi connectivity index (χ3n) is 7.53. The molecule has 0 saturated heterocycles. The van der Waals surface area contributed by atoms with Crippen LogP contribution in [0.1, 0.15) is 17.0 Å². The van der Waals surface area contributed by atoms with E-state index >= 15 is 0 Å². The van der Waals surface area contributed by atoms with Crippen molar-refractivity contribution in [3.05, 3.63) is 71.4 Å². The Morgan fingerprint density at radius 3 is 2.13 bits per heavy atom. The van der Waals surface area contributed by atoms with E-state index in [4.69, 9.17) is 18.9 Å². The van der Waals surface area contributed by atoms with E-state index < -0.39 is 0 Å². The van der Waals surface area contributed by atoms with Crippen molar-refractivity contribution in [1.29, 1.82) is 0 Å². The Kier molecular flexibility index (Phi) is 7.74. The van der Waals surface area contributed by atoms with Crippen LogP contribution in [0.3, 0.4) is 0 Å². The first-order valence-electron chi connectivity index (χ1n) is 13.6. The van der Waals surface area contributed by atoms with Gasteiger partial charge in [0, 0.05) is 59.5 Å². The quantitative estimate of drug-likeness (QED) is 0.446. The molecule has 4 heterocycles. The van der Waals surface area contributed by atoms with Crippen LogP contribution in [0.25, 0.3) is 16.5 Å². The number of carbonyl (C=O) groups is 2. The topological polar surface area (TPSA) is 91.3 Å². The predicted molar refractivity (Wildman–Crippen MR) is 147 cm³/mol. The summed E-state index contributed by atoms with van der Waals surface area (Å²) in [7, 11) is 0. The van der Waals surface area contributed by atoms with Gasteiger partial charge < -0.3 is 28.4 Å². The highest BCUT2D eigenvalue weighted by molar-refractivity contribution is 6.38. The molecule has 1 unspecified atom stereocenters. The van der Waals surface area contributed by atoms with Gasteiger partial charge in [-0.3, -0.25) is 14.9 Å². The van der Waals surface area contributed by atoms with Crippen molar-refractivity contribution in [1.82, 2.24) is 9.88 Å². The van der Waals surface area contributed by atoms with Gasteiger partial charge in [-0.05, 0) is 17.7 Å². The van der Waals surface area contributed by atoms with E-state index in [9.17, 15) is 9.59 Å². The average Bonchev–Trinajstić information content (AvgIpc) is 3.58. The zero-order chi connectivity index (χ0) is 26.6. The van der Waals surface area contributed by atoms with Crippen LogP contribution in [0.2, 0.25) is 0 Å². The lowest BCUT2D eigenvalue weighted by Crippen LogP contribution is -2.29. The minimum absolute atomic E-state index is 0.228. The molecule has 0 fully saturated rings. The molecular weight excluding hydrogens is 498 g/mol. The molecule has 3 aromatic rings. The average molecular weight is 532 g/mol. The lowest BCUT2D eigenvalue weighted by Gasteiger charge is -2.20. The second-order valence-electron chi connectivity index (χ2n) is 9.83. The molecule has 0 spiro atoms. The van der Waals surface area contributed by atoms with Crippen molar-refractivity contribution in [3.8, 4) is 0 Å². The zero-order valence-corrected chi connectivity index (χ0v) is 21.9. The van der Waals surface area contributed by atoms with Gasteiger partial charge in [-0.25, -0.2) is 0 Å². The number of rotatable bonds is 0. The van der Waals surface area contributed by atoms with Crippen LogP contribution in [0, 0.1) is 0 Å². The number of nitrogens with one attached hydrogen (secondary N) is 1. The highest BCUT2D eigenvalue weighted by Crippen LogP contribution is 2.45. The SMILES string of the molecule is O=C1NC(=O)C2=C1c1cn(c3ccccc13)CCOCCOCCOCCOCCN1CC2c2ccccc21. The molecule has 9 nitrogen and oxygen atoms in total. The fourth-order valence-corrected chi connectivity index (χ4v) is 5.74. The first-order chi connectivity index (χ1) is 19.2. The Labute approximate surface area is 227 Å². The number of hydrogen-bond acceptors (Lipinski definition) is 7. The summed E-state index contributed by atoms with van der Waals surface area (Å²) in [5.41, 5.74) is 4.87. The van der Waals surface area contributed by atoms with Crippen LogP contribution in [-0.2, 0) is 35.1 Å². The number of aromatic nitrogens is 1. The number of hydrogen-bond donors (Lipinski definition) is 1. The molecular formula is C30H33N3O6. The van der Waals surface area contributed by atoms with E-state index in [1.165, 1.54) is 0 Å². The monoisotopic (exact) mass is 531 g/mol. The Morgan fingerprint density at radius 2 is 1.36 bits per heavy atom. The summed E-state index contributed by atoms with van der Waals surface area (Å²) in [5.74, 6) is -0.894. The summed E-state index contributed by atoms with van der Waals surface area (Å²) in [4.78, 5) is 28.9. The molecule has 9 heteroatoms. The molecule has 1 aromatic heterocycles. The molecule has 0 radical (unpaired) electrons. The first kappa shape index (κ1) is 25.8. The van der Waals surface area contributed by atoms with E-state index in [-0.39, 0.29) is 17.7 Å². The van der Waals surface area contributed by atoms with Crippen LogP contribution in [0.15, 0.2) is 60.3 Å². The molecule has 0 aliphatic carbocycles. The van der Waals surface area contributed by atoms with Gasteiger partial charge in [-0.1, -0.05) is 36.4 Å². The van der Waals surface area contributed by atoms with Crippen molar-refractivity contribution in [2.24, 2.45) is 0 Å². The maximum Gasteiger partial charge on any atom is 0.259 e. The summed E-state index contributed by atoms with van der Waals surface area (Å²) in [6.07, 6.45) is 1.98. The second kappa shape index (κ2) is 11.7. The number of carbonyl (C=O) groups excluding carboxylic acids is 2. The lowest BCUT2D eigenvalue weighted by atomic mass is 9.88. The fourth-order valence-electron chi connectivity index (χ4n) is 5.74. The number of fused-ring (bicyclic) bond motifs is 12. The van der Waals surface area contributed by atoms with Gasteiger partial charge in [-0.15, -0.1) is 0 Å². The first-order valence-corrected chi connectivity index (χ1v) is 13.6. The minimum atomic E-state index is -0.347. The number of imide groups is 1. The minimum Gasteiger partial charge on any atom is -0.377 e. The maximum absolute atomic E-state index is 13.3. The molecule has 2 amide bonds. The van der Waals surface area contributed by atoms with E-state index in [0.29, 0.717) is 83.6 Å². The van der Waals surface area contributed by atoms with Crippen LogP contribution in [0.4, 0.5) is 5.69 Å². The molecule has 0 saturated carbocycles. The number of para-hydroxylation sites is 2. The third kappa shape index (κ3) is 5.23. The Hall–Kier alpha value is -3.50. The maximum atomic E-state index is 13.3. The van der Waals surface area contributed by atoms with Crippen LogP contribution >= 0.6 is 0 Å². The van der Waals surface area contributed by atoms with Gasteiger partial charge in [0.2, 0.25) is 0 Å². The van der Waals surface area contributed by atoms with E-state index in [1.807, 2.05) is 42.6 Å². The third-order valence-corrected chi connectivity index (χ3v) is 7.53. The van der Waals surface area contributed by atoms with Crippen molar-refractivity contribution >= 4 is 34.0 Å². The summed E-state index contributed by atoms with van der Waals surface area (Å²) in [6.45, 7) is 5.92. The summed E-state index contributed by atoms with van der Waals surface area (Å²) >= 11 is 0. The molecule has 6 rings (SSSR count). The predicted octanol–water partition coefficient (Wildman–Crippen LogP) is 2.74. The number of nitrogens with zero attached hydrogens (tertiary/aromatic N) is 2. The molecule has 204 valence electrons. The van der Waals surface area contributed by atoms with E-state index in [1.54, 1.807) is 0 Å². The Balaban J connectivity index is 1.39. The van der Waals surface area contributed by atoms with Gasteiger partial charge in [0.05, 0.1) is 58.4 Å². The smallest absolute Gasteiger partial charge is 0.259 e. The molecule has 4 bridgehead atoms. The number of ether oxygens (including phenoxy) is 4. The zero-order valence-electron chi connectivity index (χ0n) is 21.9. The summed E-state index contributed by atoms with van der Waals surface area (Å²) in [6, 6.07) is 16.1. The number of benzene rings is 2. The summed E-state index contributed by atoms with van der Waals surface area (Å²) < 4.78 is 24.9. The van der Waals surface area contributed by atoms with E-state index in [0.717, 1.165) is 27.7 Å². The van der Waals surface area contributed by atoms with Gasteiger partial charge in [0.25, 0.3) is 11.8 Å². The van der Waals surface area contributed by atoms with Crippen LogP contribution < -0.4 is 10.2 Å². The van der Waals surface area contributed by atoms with Crippen molar-refractivity contribution in [2.45, 2.75) is 12.5 Å². The largest absolute Gasteiger partial charge is 0.377 e. The normalized spacial score (nSPS) is 21.7. The fraction of sp³-hybridized carbons (Fsp3) is 0.400. The summed E-state index contributed by atoms with van der Waals surface area (Å²) in [5, 5.41) is 3.53. The van der Waals surface area contributed by atoms with Gasteiger partial charge in [0.1, 0.15) is 0 Å². The van der Waals surface area contributed by atoms with Crippen molar-refractivity contribution in [3.63, 3.8) is 0 Å². The Bertz CT molecular complexity index is 1400. The highest BCUT2D eigenvalue weighted by Gasteiger charge is 2.41. The van der Waals surface area contributed by atoms with Gasteiger partial charge >= 0.3 is 0 Å². The second-order valence-corrected chi connectivity index (χ2v) is 9.83. The van der Waals surface area contributed by atoms with Crippen molar-refractivity contribution in [2.75, 3.05) is 70.8 Å². The molecule has 1 N–H and O–H groups in total. The standard InChI is InChI=1S/C30H33N3O6/c34-29-27-23-19-32(25-7-3-1-5-21(23)25)9-11-36-13-15-38-17-18-39-16-14-37-12-10-33-20-24(28(27)30(35)31-29)22-6-2-4-8-26(22)33/h1-8,19,24H,9-18,20H2,(H,31,34,35). The molecule has 3 aliphatic rings. The Morgan fingerprint density at radius 1 is 0.718 bits per heavy atom. The molecule has 39 heavy (non-hydrogen) atoms. The van der Waals surface area contributed by atoms with E-state index in [2.05, 4.69) is 26.9 Å². The van der Waals surface area contributed by atoms with Gasteiger partial charge in [0.15, 0.2) is 0 Å². The number of anilines is 1. The van der Waals surface area contributed by atoms with Crippen LogP contribution in [0.5, 0.6) is 0 Å². The van der Waals surface area contributed by atoms with Crippen LogP contribution in [-0.4, -0.2) is 82.3 Å². The molecule has 3 aliphatic heterocycles. The van der Waals surface area contributed by atoms with Crippen molar-refractivity contribution < 1.29 is 28.5 Å². The van der Waals surface area contributed by atoms with Gasteiger partial charge in [-0.2, -0.15) is 0 Å². The number of amides is 2. The molecule has 1 atom stereocenters.